The molecular weight excluding hydrogens is 102 g/mol. The third-order valence-electron chi connectivity index (χ3n) is 0.407. The maximum atomic E-state index is 7.00. The molecule has 0 aromatic carbocycles. The summed E-state index contributed by atoms with van der Waals surface area (Å²) in [5, 5.41) is 7.00. The van der Waals surface area contributed by atoms with Crippen molar-refractivity contribution in [1.82, 2.24) is 0 Å². The van der Waals surface area contributed by atoms with Crippen LogP contribution in [0.1, 0.15) is 6.42 Å². The first-order valence-electron chi connectivity index (χ1n) is 2.26. The van der Waals surface area contributed by atoms with Crippen molar-refractivity contribution in [2.24, 2.45) is 5.73 Å². The predicted octanol–water partition coefficient (Wildman–Crippen LogP) is 0.643. The van der Waals surface area contributed by atoms with Crippen molar-refractivity contribution in [1.29, 1.82) is 0 Å². The highest BCUT2D eigenvalue weighted by Gasteiger charge is 1.71. The van der Waals surface area contributed by atoms with Crippen molar-refractivity contribution in [3.63, 3.8) is 0 Å². The first-order valence-corrected chi connectivity index (χ1v) is 2.26. The molecule has 0 saturated carbocycles. The molecule has 0 aliphatic heterocycles. The molecule has 8 heavy (non-hydrogen) atoms. The van der Waals surface area contributed by atoms with E-state index < -0.39 is 0 Å². The minimum absolute atomic E-state index is 0.671. The second kappa shape index (κ2) is 9.53. The smallest absolute Gasteiger partial charge is 0.0319 e. The Morgan fingerprint density at radius 3 is 2.12 bits per heavy atom. The Balaban J connectivity index is 0. The Labute approximate surface area is 50.3 Å². The van der Waals surface area contributed by atoms with Crippen LogP contribution in [0.15, 0.2) is 24.9 Å². The molecule has 0 amide bonds. The Bertz CT molecular complexity index is 68.9. The van der Waals surface area contributed by atoms with Gasteiger partial charge in [0.25, 0.3) is 0 Å². The van der Waals surface area contributed by atoms with Gasteiger partial charge in [0.1, 0.15) is 0 Å². The Kier molecular flexibility index (Phi) is 12.2. The SMILES string of the molecule is C=CCC(=C)N.CO. The van der Waals surface area contributed by atoms with Gasteiger partial charge in [-0.15, -0.1) is 6.58 Å². The van der Waals surface area contributed by atoms with Crippen LogP contribution in [-0.2, 0) is 0 Å². The van der Waals surface area contributed by atoms with Crippen LogP contribution < -0.4 is 5.73 Å². The van der Waals surface area contributed by atoms with Crippen molar-refractivity contribution < 1.29 is 5.11 Å². The average Bonchev–Trinajstić information content (AvgIpc) is 1.72. The second-order valence-corrected chi connectivity index (χ2v) is 1.15. The van der Waals surface area contributed by atoms with Crippen molar-refractivity contribution >= 4 is 0 Å². The zero-order chi connectivity index (χ0) is 6.99. The summed E-state index contributed by atoms with van der Waals surface area (Å²) in [6.07, 6.45) is 2.45. The van der Waals surface area contributed by atoms with Crippen LogP contribution in [-0.4, -0.2) is 12.2 Å². The monoisotopic (exact) mass is 115 g/mol. The molecule has 3 N–H and O–H groups in total. The number of allylic oxidation sites excluding steroid dienone is 1. The highest BCUT2D eigenvalue weighted by Crippen LogP contribution is 1.84. The van der Waals surface area contributed by atoms with Crippen LogP contribution >= 0.6 is 0 Å². The molecule has 2 heteroatoms. The van der Waals surface area contributed by atoms with Gasteiger partial charge in [0.15, 0.2) is 0 Å². The van der Waals surface area contributed by atoms with E-state index in [0.717, 1.165) is 13.5 Å². The van der Waals surface area contributed by atoms with E-state index in [9.17, 15) is 0 Å². The summed E-state index contributed by atoms with van der Waals surface area (Å²) in [6, 6.07) is 0. The lowest BCUT2D eigenvalue weighted by molar-refractivity contribution is 0.399. The van der Waals surface area contributed by atoms with Gasteiger partial charge in [-0.2, -0.15) is 0 Å². The Hall–Kier alpha value is -0.760. The van der Waals surface area contributed by atoms with Gasteiger partial charge in [-0.1, -0.05) is 12.7 Å². The average molecular weight is 115 g/mol. The maximum Gasteiger partial charge on any atom is 0.0319 e. The van der Waals surface area contributed by atoms with E-state index in [2.05, 4.69) is 13.2 Å². The van der Waals surface area contributed by atoms with E-state index in [0.29, 0.717) is 5.70 Å². The predicted molar refractivity (Wildman–Crippen MR) is 36.3 cm³/mol. The topological polar surface area (TPSA) is 46.2 Å². The highest BCUT2D eigenvalue weighted by molar-refractivity contribution is 4.93. The molecule has 0 aromatic heterocycles. The van der Waals surface area contributed by atoms with Crippen LogP contribution in [0.4, 0.5) is 0 Å². The molecule has 0 atom stereocenters. The van der Waals surface area contributed by atoms with Crippen LogP contribution in [0.5, 0.6) is 0 Å². The largest absolute Gasteiger partial charge is 0.402 e. The minimum Gasteiger partial charge on any atom is -0.402 e. The summed E-state index contributed by atoms with van der Waals surface area (Å²) in [5.74, 6) is 0. The van der Waals surface area contributed by atoms with E-state index in [4.69, 9.17) is 10.8 Å². The first-order chi connectivity index (χ1) is 3.77. The lowest BCUT2D eigenvalue weighted by atomic mass is 10.4. The summed E-state index contributed by atoms with van der Waals surface area (Å²) in [5.41, 5.74) is 5.81. The molecule has 0 radical (unpaired) electrons. The van der Waals surface area contributed by atoms with Gasteiger partial charge < -0.3 is 10.8 Å². The third kappa shape index (κ3) is 18.8. The normalized spacial score (nSPS) is 6.25. The maximum absolute atomic E-state index is 7.00. The molecule has 0 saturated heterocycles. The van der Waals surface area contributed by atoms with Crippen molar-refractivity contribution in [2.45, 2.75) is 6.42 Å². The second-order valence-electron chi connectivity index (χ2n) is 1.15. The molecule has 0 rings (SSSR count). The summed E-state index contributed by atoms with van der Waals surface area (Å²) in [7, 11) is 1.00. The summed E-state index contributed by atoms with van der Waals surface area (Å²) >= 11 is 0. The van der Waals surface area contributed by atoms with Gasteiger partial charge in [-0.25, -0.2) is 0 Å². The van der Waals surface area contributed by atoms with Gasteiger partial charge in [0.2, 0.25) is 0 Å². The molecule has 0 bridgehead atoms. The Morgan fingerprint density at radius 1 is 1.75 bits per heavy atom. The van der Waals surface area contributed by atoms with Gasteiger partial charge in [-0.05, 0) is 0 Å². The fraction of sp³-hybridized carbons (Fsp3) is 0.333. The summed E-state index contributed by atoms with van der Waals surface area (Å²) in [4.78, 5) is 0. The van der Waals surface area contributed by atoms with E-state index >= 15 is 0 Å². The van der Waals surface area contributed by atoms with E-state index in [1.54, 1.807) is 6.08 Å². The van der Waals surface area contributed by atoms with Crippen LogP contribution in [0.25, 0.3) is 0 Å². The molecule has 0 aromatic rings. The van der Waals surface area contributed by atoms with Crippen molar-refractivity contribution in [3.05, 3.63) is 24.9 Å². The van der Waals surface area contributed by atoms with E-state index in [1.807, 2.05) is 0 Å². The summed E-state index contributed by atoms with van der Waals surface area (Å²) < 4.78 is 0. The van der Waals surface area contributed by atoms with Crippen LogP contribution in [0.2, 0.25) is 0 Å². The van der Waals surface area contributed by atoms with Gasteiger partial charge in [-0.3, -0.25) is 0 Å². The van der Waals surface area contributed by atoms with Crippen LogP contribution in [0.3, 0.4) is 0 Å². The van der Waals surface area contributed by atoms with Crippen LogP contribution in [0, 0.1) is 0 Å². The number of nitrogens with two attached hydrogens (primary N) is 1. The molecule has 0 fully saturated rings. The molecular formula is C6H13NO. The minimum atomic E-state index is 0.671. The standard InChI is InChI=1S/C5H9N.CH4O/c1-3-4-5(2)6;1-2/h3H,1-2,4,6H2;2H,1H3. The van der Waals surface area contributed by atoms with E-state index in [1.165, 1.54) is 0 Å². The molecule has 0 heterocycles. The lowest BCUT2D eigenvalue weighted by Gasteiger charge is -1.84. The molecule has 2 nitrogen and oxygen atoms in total. The first kappa shape index (κ1) is 10.3. The Morgan fingerprint density at radius 2 is 2.12 bits per heavy atom. The summed E-state index contributed by atoms with van der Waals surface area (Å²) in [6.45, 7) is 6.91. The fourth-order valence-electron chi connectivity index (χ4n) is 0.185. The molecule has 0 aliphatic carbocycles. The third-order valence-corrected chi connectivity index (χ3v) is 0.407. The number of rotatable bonds is 2. The van der Waals surface area contributed by atoms with Gasteiger partial charge >= 0.3 is 0 Å². The van der Waals surface area contributed by atoms with Gasteiger partial charge in [0, 0.05) is 19.2 Å². The highest BCUT2D eigenvalue weighted by atomic mass is 16.2. The molecule has 0 aliphatic rings. The van der Waals surface area contributed by atoms with Crippen molar-refractivity contribution in [3.8, 4) is 0 Å². The molecule has 48 valence electrons. The molecule has 0 spiro atoms. The zero-order valence-corrected chi connectivity index (χ0v) is 5.22. The molecule has 0 unspecified atom stereocenters. The lowest BCUT2D eigenvalue weighted by Crippen LogP contribution is -1.90. The quantitative estimate of drug-likeness (QED) is 0.519. The van der Waals surface area contributed by atoms with Gasteiger partial charge in [0.05, 0.1) is 0 Å². The number of hydrogen-bond donors (Lipinski definition) is 2. The number of aliphatic hydroxyl groups is 1. The van der Waals surface area contributed by atoms with Crippen molar-refractivity contribution in [2.75, 3.05) is 7.11 Å². The number of hydrogen-bond acceptors (Lipinski definition) is 2. The van der Waals surface area contributed by atoms with E-state index in [-0.39, 0.29) is 0 Å². The number of aliphatic hydroxyl groups excluding tert-OH is 1. The zero-order valence-electron chi connectivity index (χ0n) is 5.22. The fourth-order valence-corrected chi connectivity index (χ4v) is 0.185.